The Balaban J connectivity index is 2.03. The third-order valence-electron chi connectivity index (χ3n) is 3.46. The molecule has 102 valence electrons. The summed E-state index contributed by atoms with van der Waals surface area (Å²) in [4.78, 5) is 14.1. The molecule has 1 saturated heterocycles. The Morgan fingerprint density at radius 1 is 1.26 bits per heavy atom. The molecule has 1 aromatic carbocycles. The van der Waals surface area contributed by atoms with Crippen LogP contribution in [0.25, 0.3) is 6.08 Å². The second kappa shape index (κ2) is 6.02. The highest BCUT2D eigenvalue weighted by atomic mass is 16.2. The summed E-state index contributed by atoms with van der Waals surface area (Å²) >= 11 is 0. The molecule has 1 amide bonds. The van der Waals surface area contributed by atoms with Crippen LogP contribution in [-0.4, -0.2) is 36.0 Å². The number of hydrogen-bond acceptors (Lipinski definition) is 2. The molecular weight excluding hydrogens is 236 g/mol. The van der Waals surface area contributed by atoms with Crippen molar-refractivity contribution in [1.29, 1.82) is 0 Å². The summed E-state index contributed by atoms with van der Waals surface area (Å²) in [6.07, 6.45) is 3.60. The fraction of sp³-hybridized carbons (Fsp3) is 0.438. The number of hydrogen-bond donors (Lipinski definition) is 1. The second-order valence-corrected chi connectivity index (χ2v) is 5.40. The Bertz CT molecular complexity index is 471. The third-order valence-corrected chi connectivity index (χ3v) is 3.46. The molecule has 0 spiro atoms. The maximum Gasteiger partial charge on any atom is 0.246 e. The van der Waals surface area contributed by atoms with Gasteiger partial charge in [-0.15, -0.1) is 0 Å². The maximum atomic E-state index is 12.2. The van der Waals surface area contributed by atoms with Crippen molar-refractivity contribution < 1.29 is 4.79 Å². The lowest BCUT2D eigenvalue weighted by Crippen LogP contribution is -2.55. The minimum Gasteiger partial charge on any atom is -0.336 e. The first kappa shape index (κ1) is 13.8. The van der Waals surface area contributed by atoms with Crippen LogP contribution in [0.2, 0.25) is 0 Å². The van der Waals surface area contributed by atoms with E-state index >= 15 is 0 Å². The number of carbonyl (C=O) groups is 1. The molecule has 0 bridgehead atoms. The SMILES string of the molecule is Cc1ccccc1/C=C/C(=O)N1CC(C)NC(C)C1. The van der Waals surface area contributed by atoms with E-state index in [9.17, 15) is 4.79 Å². The minimum absolute atomic E-state index is 0.100. The molecule has 1 aliphatic rings. The Kier molecular flexibility index (Phi) is 4.38. The van der Waals surface area contributed by atoms with Crippen molar-refractivity contribution in [2.45, 2.75) is 32.9 Å². The van der Waals surface area contributed by atoms with E-state index in [-0.39, 0.29) is 5.91 Å². The van der Waals surface area contributed by atoms with E-state index in [0.717, 1.165) is 18.7 Å². The summed E-state index contributed by atoms with van der Waals surface area (Å²) < 4.78 is 0. The molecule has 0 radical (unpaired) electrons. The van der Waals surface area contributed by atoms with Crippen molar-refractivity contribution in [2.75, 3.05) is 13.1 Å². The lowest BCUT2D eigenvalue weighted by atomic mass is 10.1. The number of nitrogens with zero attached hydrogens (tertiary/aromatic N) is 1. The van der Waals surface area contributed by atoms with Crippen molar-refractivity contribution in [2.24, 2.45) is 0 Å². The van der Waals surface area contributed by atoms with Gasteiger partial charge in [0.25, 0.3) is 0 Å². The van der Waals surface area contributed by atoms with Gasteiger partial charge in [0, 0.05) is 31.2 Å². The van der Waals surface area contributed by atoms with Crippen LogP contribution in [0, 0.1) is 6.92 Å². The van der Waals surface area contributed by atoms with Crippen molar-refractivity contribution in [3.63, 3.8) is 0 Å². The van der Waals surface area contributed by atoms with E-state index in [1.165, 1.54) is 5.56 Å². The molecule has 1 aromatic rings. The number of benzene rings is 1. The molecule has 3 heteroatoms. The van der Waals surface area contributed by atoms with Crippen LogP contribution < -0.4 is 5.32 Å². The molecule has 1 fully saturated rings. The van der Waals surface area contributed by atoms with Gasteiger partial charge in [-0.25, -0.2) is 0 Å². The molecular formula is C16H22N2O. The topological polar surface area (TPSA) is 32.3 Å². The zero-order chi connectivity index (χ0) is 13.8. The maximum absolute atomic E-state index is 12.2. The lowest BCUT2D eigenvalue weighted by Gasteiger charge is -2.35. The number of nitrogens with one attached hydrogen (secondary N) is 1. The second-order valence-electron chi connectivity index (χ2n) is 5.40. The van der Waals surface area contributed by atoms with Crippen LogP contribution >= 0.6 is 0 Å². The van der Waals surface area contributed by atoms with Crippen LogP contribution in [0.4, 0.5) is 0 Å². The standard InChI is InChI=1S/C16H22N2O/c1-12-6-4-5-7-15(12)8-9-16(19)18-10-13(2)17-14(3)11-18/h4-9,13-14,17H,10-11H2,1-3H3/b9-8+. The van der Waals surface area contributed by atoms with Gasteiger partial charge in [-0.2, -0.15) is 0 Å². The first-order chi connectivity index (χ1) is 9.06. The van der Waals surface area contributed by atoms with Gasteiger partial charge in [0.15, 0.2) is 0 Å². The Hall–Kier alpha value is -1.61. The van der Waals surface area contributed by atoms with Gasteiger partial charge in [-0.05, 0) is 38.0 Å². The number of aryl methyl sites for hydroxylation is 1. The summed E-state index contributed by atoms with van der Waals surface area (Å²) in [5, 5.41) is 3.43. The number of carbonyl (C=O) groups excluding carboxylic acids is 1. The van der Waals surface area contributed by atoms with Gasteiger partial charge in [-0.3, -0.25) is 4.79 Å². The summed E-state index contributed by atoms with van der Waals surface area (Å²) in [5.41, 5.74) is 2.29. The van der Waals surface area contributed by atoms with Crippen molar-refractivity contribution >= 4 is 12.0 Å². The minimum atomic E-state index is 0.100. The predicted octanol–water partition coefficient (Wildman–Crippen LogP) is 2.22. The molecule has 1 N–H and O–H groups in total. The van der Waals surface area contributed by atoms with Crippen LogP contribution in [0.5, 0.6) is 0 Å². The van der Waals surface area contributed by atoms with Gasteiger partial charge in [0.2, 0.25) is 5.91 Å². The lowest BCUT2D eigenvalue weighted by molar-refractivity contribution is -0.127. The molecule has 19 heavy (non-hydrogen) atoms. The zero-order valence-corrected chi connectivity index (χ0v) is 11.9. The Labute approximate surface area is 115 Å². The fourth-order valence-corrected chi connectivity index (χ4v) is 2.55. The number of piperazine rings is 1. The van der Waals surface area contributed by atoms with Gasteiger partial charge in [-0.1, -0.05) is 24.3 Å². The molecule has 1 aliphatic heterocycles. The first-order valence-corrected chi connectivity index (χ1v) is 6.85. The first-order valence-electron chi connectivity index (χ1n) is 6.85. The molecule has 2 rings (SSSR count). The molecule has 0 aliphatic carbocycles. The predicted molar refractivity (Wildman–Crippen MR) is 78.9 cm³/mol. The van der Waals surface area contributed by atoms with E-state index < -0.39 is 0 Å². The number of amides is 1. The van der Waals surface area contributed by atoms with E-state index in [4.69, 9.17) is 0 Å². The molecule has 2 unspecified atom stereocenters. The third kappa shape index (κ3) is 3.67. The van der Waals surface area contributed by atoms with Gasteiger partial charge in [0.1, 0.15) is 0 Å². The van der Waals surface area contributed by atoms with Gasteiger partial charge >= 0.3 is 0 Å². The molecule has 3 nitrogen and oxygen atoms in total. The highest BCUT2D eigenvalue weighted by Crippen LogP contribution is 2.10. The van der Waals surface area contributed by atoms with Crippen LogP contribution in [0.3, 0.4) is 0 Å². The van der Waals surface area contributed by atoms with Gasteiger partial charge < -0.3 is 10.2 Å². The van der Waals surface area contributed by atoms with Crippen molar-refractivity contribution in [3.8, 4) is 0 Å². The summed E-state index contributed by atoms with van der Waals surface area (Å²) in [5.74, 6) is 0.100. The van der Waals surface area contributed by atoms with E-state index in [2.05, 4.69) is 32.2 Å². The quantitative estimate of drug-likeness (QED) is 0.825. The monoisotopic (exact) mass is 258 g/mol. The van der Waals surface area contributed by atoms with E-state index in [1.807, 2.05) is 29.2 Å². The zero-order valence-electron chi connectivity index (χ0n) is 11.9. The smallest absolute Gasteiger partial charge is 0.246 e. The molecule has 0 saturated carbocycles. The normalized spacial score (nSPS) is 23.8. The largest absolute Gasteiger partial charge is 0.336 e. The average molecular weight is 258 g/mol. The number of rotatable bonds is 2. The van der Waals surface area contributed by atoms with Crippen LogP contribution in [-0.2, 0) is 4.79 Å². The highest BCUT2D eigenvalue weighted by molar-refractivity contribution is 5.92. The van der Waals surface area contributed by atoms with Crippen LogP contribution in [0.1, 0.15) is 25.0 Å². The van der Waals surface area contributed by atoms with E-state index in [0.29, 0.717) is 12.1 Å². The highest BCUT2D eigenvalue weighted by Gasteiger charge is 2.23. The molecule has 2 atom stereocenters. The summed E-state index contributed by atoms with van der Waals surface area (Å²) in [6.45, 7) is 7.84. The van der Waals surface area contributed by atoms with E-state index in [1.54, 1.807) is 6.08 Å². The molecule has 0 aromatic heterocycles. The van der Waals surface area contributed by atoms with Crippen molar-refractivity contribution in [1.82, 2.24) is 10.2 Å². The van der Waals surface area contributed by atoms with Gasteiger partial charge in [0.05, 0.1) is 0 Å². The van der Waals surface area contributed by atoms with Crippen molar-refractivity contribution in [3.05, 3.63) is 41.5 Å². The summed E-state index contributed by atoms with van der Waals surface area (Å²) in [6, 6.07) is 8.81. The Morgan fingerprint density at radius 3 is 2.53 bits per heavy atom. The average Bonchev–Trinajstić information content (AvgIpc) is 2.36. The fourth-order valence-electron chi connectivity index (χ4n) is 2.55. The van der Waals surface area contributed by atoms with Crippen LogP contribution in [0.15, 0.2) is 30.3 Å². The Morgan fingerprint density at radius 2 is 1.89 bits per heavy atom. The molecule has 1 heterocycles. The summed E-state index contributed by atoms with van der Waals surface area (Å²) in [7, 11) is 0.